The van der Waals surface area contributed by atoms with Crippen LogP contribution in [-0.2, 0) is 9.59 Å². The molecule has 1 aliphatic rings. The molecule has 0 unspecified atom stereocenters. The monoisotopic (exact) mass is 442 g/mol. The van der Waals surface area contributed by atoms with Crippen LogP contribution < -0.4 is 20.7 Å². The van der Waals surface area contributed by atoms with E-state index in [4.69, 9.17) is 4.74 Å². The SMILES string of the molecule is CCOc1ccccc1NC(=O)C(=O)NCC1CCN(C(=O)Nc2ccc(F)cc2)CC1. The molecule has 3 rings (SSSR count). The number of nitrogens with zero attached hydrogens (tertiary/aromatic N) is 1. The highest BCUT2D eigenvalue weighted by Gasteiger charge is 2.24. The Kier molecular flexibility index (Phi) is 8.02. The molecule has 8 nitrogen and oxygen atoms in total. The average Bonchev–Trinajstić information content (AvgIpc) is 2.80. The van der Waals surface area contributed by atoms with E-state index in [1.54, 1.807) is 29.2 Å². The maximum Gasteiger partial charge on any atom is 0.321 e. The van der Waals surface area contributed by atoms with E-state index in [-0.39, 0.29) is 17.8 Å². The number of para-hydroxylation sites is 2. The number of ether oxygens (including phenoxy) is 1. The number of benzene rings is 2. The molecule has 2 aromatic rings. The quantitative estimate of drug-likeness (QED) is 0.598. The largest absolute Gasteiger partial charge is 0.492 e. The lowest BCUT2D eigenvalue weighted by Crippen LogP contribution is -2.44. The zero-order valence-corrected chi connectivity index (χ0v) is 17.9. The first-order valence-electron chi connectivity index (χ1n) is 10.6. The first-order valence-corrected chi connectivity index (χ1v) is 10.6. The lowest BCUT2D eigenvalue weighted by Gasteiger charge is -2.32. The zero-order valence-electron chi connectivity index (χ0n) is 17.9. The second-order valence-corrected chi connectivity index (χ2v) is 7.46. The summed E-state index contributed by atoms with van der Waals surface area (Å²) in [7, 11) is 0. The predicted molar refractivity (Wildman–Crippen MR) is 119 cm³/mol. The molecule has 1 saturated heterocycles. The number of hydrogen-bond acceptors (Lipinski definition) is 4. The molecule has 2 aromatic carbocycles. The Morgan fingerprint density at radius 2 is 1.69 bits per heavy atom. The van der Waals surface area contributed by atoms with Crippen molar-refractivity contribution in [3.05, 3.63) is 54.3 Å². The summed E-state index contributed by atoms with van der Waals surface area (Å²) >= 11 is 0. The minimum absolute atomic E-state index is 0.164. The topological polar surface area (TPSA) is 99.8 Å². The van der Waals surface area contributed by atoms with Gasteiger partial charge in [-0.25, -0.2) is 9.18 Å². The van der Waals surface area contributed by atoms with Crippen LogP contribution in [0.3, 0.4) is 0 Å². The van der Waals surface area contributed by atoms with Crippen LogP contribution in [0.25, 0.3) is 0 Å². The van der Waals surface area contributed by atoms with Crippen LogP contribution >= 0.6 is 0 Å². The number of hydrogen-bond donors (Lipinski definition) is 3. The minimum Gasteiger partial charge on any atom is -0.492 e. The average molecular weight is 442 g/mol. The smallest absolute Gasteiger partial charge is 0.321 e. The summed E-state index contributed by atoms with van der Waals surface area (Å²) in [6.07, 6.45) is 1.40. The molecule has 0 spiro atoms. The van der Waals surface area contributed by atoms with E-state index in [1.807, 2.05) is 6.92 Å². The molecule has 1 heterocycles. The summed E-state index contributed by atoms with van der Waals surface area (Å²) in [6.45, 7) is 3.69. The van der Waals surface area contributed by atoms with E-state index in [2.05, 4.69) is 16.0 Å². The van der Waals surface area contributed by atoms with Gasteiger partial charge in [-0.15, -0.1) is 0 Å². The first kappa shape index (κ1) is 23.1. The van der Waals surface area contributed by atoms with Gasteiger partial charge in [-0.2, -0.15) is 0 Å². The summed E-state index contributed by atoms with van der Waals surface area (Å²) in [6, 6.07) is 12.3. The molecule has 32 heavy (non-hydrogen) atoms. The fraction of sp³-hybridized carbons (Fsp3) is 0.348. The van der Waals surface area contributed by atoms with Crippen molar-refractivity contribution in [3.8, 4) is 5.75 Å². The van der Waals surface area contributed by atoms with Crippen molar-refractivity contribution in [2.45, 2.75) is 19.8 Å². The van der Waals surface area contributed by atoms with Gasteiger partial charge < -0.3 is 25.6 Å². The Morgan fingerprint density at radius 1 is 1.00 bits per heavy atom. The normalized spacial score (nSPS) is 13.9. The van der Waals surface area contributed by atoms with Crippen molar-refractivity contribution >= 4 is 29.2 Å². The number of amides is 4. The molecule has 0 aliphatic carbocycles. The van der Waals surface area contributed by atoms with Crippen LogP contribution in [-0.4, -0.2) is 49.0 Å². The first-order chi connectivity index (χ1) is 15.5. The van der Waals surface area contributed by atoms with Gasteiger partial charge in [0.2, 0.25) is 0 Å². The highest BCUT2D eigenvalue weighted by Crippen LogP contribution is 2.23. The highest BCUT2D eigenvalue weighted by molar-refractivity contribution is 6.39. The Bertz CT molecular complexity index is 943. The second kappa shape index (κ2) is 11.1. The fourth-order valence-electron chi connectivity index (χ4n) is 3.42. The second-order valence-electron chi connectivity index (χ2n) is 7.46. The summed E-state index contributed by atoms with van der Waals surface area (Å²) in [5.41, 5.74) is 0.970. The molecule has 0 radical (unpaired) electrons. The summed E-state index contributed by atoms with van der Waals surface area (Å²) in [4.78, 5) is 38.4. The van der Waals surface area contributed by atoms with Crippen LogP contribution in [0.1, 0.15) is 19.8 Å². The number of nitrogens with one attached hydrogen (secondary N) is 3. The Hall–Kier alpha value is -3.62. The third kappa shape index (κ3) is 6.44. The lowest BCUT2D eigenvalue weighted by atomic mass is 9.97. The van der Waals surface area contributed by atoms with Gasteiger partial charge in [0, 0.05) is 25.3 Å². The van der Waals surface area contributed by atoms with Gasteiger partial charge in [0.1, 0.15) is 11.6 Å². The molecule has 170 valence electrons. The third-order valence-corrected chi connectivity index (χ3v) is 5.19. The molecule has 4 amide bonds. The summed E-state index contributed by atoms with van der Waals surface area (Å²) in [5.74, 6) is -1.17. The molecule has 3 N–H and O–H groups in total. The Labute approximate surface area is 186 Å². The number of carbonyl (C=O) groups excluding carboxylic acids is 3. The summed E-state index contributed by atoms with van der Waals surface area (Å²) < 4.78 is 18.4. The van der Waals surface area contributed by atoms with Crippen molar-refractivity contribution < 1.29 is 23.5 Å². The van der Waals surface area contributed by atoms with E-state index < -0.39 is 11.8 Å². The van der Waals surface area contributed by atoms with Gasteiger partial charge in [-0.05, 0) is 62.1 Å². The molecule has 1 fully saturated rings. The molecule has 0 aromatic heterocycles. The van der Waals surface area contributed by atoms with Crippen molar-refractivity contribution in [2.24, 2.45) is 5.92 Å². The van der Waals surface area contributed by atoms with Crippen molar-refractivity contribution in [1.29, 1.82) is 0 Å². The number of anilines is 2. The van der Waals surface area contributed by atoms with Crippen LogP contribution in [0.4, 0.5) is 20.6 Å². The maximum absolute atomic E-state index is 13.0. The number of likely N-dealkylation sites (tertiary alicyclic amines) is 1. The number of carbonyl (C=O) groups is 3. The number of rotatable bonds is 6. The van der Waals surface area contributed by atoms with E-state index in [1.165, 1.54) is 24.3 Å². The highest BCUT2D eigenvalue weighted by atomic mass is 19.1. The van der Waals surface area contributed by atoms with E-state index in [0.29, 0.717) is 56.2 Å². The van der Waals surface area contributed by atoms with Crippen molar-refractivity contribution in [2.75, 3.05) is 36.9 Å². The zero-order chi connectivity index (χ0) is 22.9. The molecular formula is C23H27FN4O4. The summed E-state index contributed by atoms with van der Waals surface area (Å²) in [5, 5.41) is 7.98. The van der Waals surface area contributed by atoms with E-state index in [9.17, 15) is 18.8 Å². The standard InChI is InChI=1S/C23H27FN4O4/c1-2-32-20-6-4-3-5-19(20)27-22(30)21(29)25-15-16-11-13-28(14-12-16)23(31)26-18-9-7-17(24)8-10-18/h3-10,16H,2,11-15H2,1H3,(H,25,29)(H,26,31)(H,27,30). The maximum atomic E-state index is 13.0. The van der Waals surface area contributed by atoms with Gasteiger partial charge in [0.15, 0.2) is 0 Å². The number of halogens is 1. The van der Waals surface area contributed by atoms with E-state index in [0.717, 1.165) is 0 Å². The van der Waals surface area contributed by atoms with Gasteiger partial charge in [-0.3, -0.25) is 9.59 Å². The minimum atomic E-state index is -0.756. The van der Waals surface area contributed by atoms with Crippen molar-refractivity contribution in [1.82, 2.24) is 10.2 Å². The van der Waals surface area contributed by atoms with Crippen LogP contribution in [0.2, 0.25) is 0 Å². The van der Waals surface area contributed by atoms with Crippen molar-refractivity contribution in [3.63, 3.8) is 0 Å². The van der Waals surface area contributed by atoms with Crippen LogP contribution in [0.5, 0.6) is 5.75 Å². The number of urea groups is 1. The molecule has 1 aliphatic heterocycles. The molecule has 0 atom stereocenters. The molecule has 0 bridgehead atoms. The van der Waals surface area contributed by atoms with Gasteiger partial charge >= 0.3 is 17.8 Å². The van der Waals surface area contributed by atoms with Crippen LogP contribution in [0.15, 0.2) is 48.5 Å². The Balaban J connectivity index is 1.40. The molecule has 0 saturated carbocycles. The van der Waals surface area contributed by atoms with Gasteiger partial charge in [0.25, 0.3) is 0 Å². The van der Waals surface area contributed by atoms with E-state index >= 15 is 0 Å². The molecular weight excluding hydrogens is 415 g/mol. The molecule has 9 heteroatoms. The fourth-order valence-corrected chi connectivity index (χ4v) is 3.42. The number of piperidine rings is 1. The third-order valence-electron chi connectivity index (χ3n) is 5.19. The Morgan fingerprint density at radius 3 is 2.38 bits per heavy atom. The van der Waals surface area contributed by atoms with Crippen LogP contribution in [0, 0.1) is 11.7 Å². The van der Waals surface area contributed by atoms with Gasteiger partial charge in [-0.1, -0.05) is 12.1 Å². The van der Waals surface area contributed by atoms with Gasteiger partial charge in [0.05, 0.1) is 12.3 Å². The lowest BCUT2D eigenvalue weighted by molar-refractivity contribution is -0.136. The predicted octanol–water partition coefficient (Wildman–Crippen LogP) is 3.22.